The van der Waals surface area contributed by atoms with E-state index in [-0.39, 0.29) is 18.7 Å². The fraction of sp³-hybridized carbons (Fsp3) is 0.167. The smallest absolute Gasteiger partial charge is 0.303 e. The van der Waals surface area contributed by atoms with E-state index >= 15 is 0 Å². The molecule has 1 heterocycles. The molecule has 1 aromatic heterocycles. The molecular weight excluding hydrogens is 250 g/mol. The number of carboxylic acids is 1. The topological polar surface area (TPSA) is 105 Å². The van der Waals surface area contributed by atoms with Crippen LogP contribution in [0.2, 0.25) is 0 Å². The van der Waals surface area contributed by atoms with Crippen molar-refractivity contribution in [1.82, 2.24) is 10.2 Å². The Morgan fingerprint density at radius 1 is 1.21 bits per heavy atom. The van der Waals surface area contributed by atoms with Crippen molar-refractivity contribution in [1.29, 1.82) is 0 Å². The Morgan fingerprint density at radius 2 is 1.95 bits per heavy atom. The van der Waals surface area contributed by atoms with Gasteiger partial charge in [0.25, 0.3) is 0 Å². The maximum Gasteiger partial charge on any atom is 0.303 e. The molecule has 7 heteroatoms. The molecule has 1 aromatic carbocycles. The van der Waals surface area contributed by atoms with Gasteiger partial charge >= 0.3 is 5.97 Å². The monoisotopic (exact) mass is 261 g/mol. The van der Waals surface area contributed by atoms with Gasteiger partial charge in [-0.15, -0.1) is 10.2 Å². The van der Waals surface area contributed by atoms with E-state index in [1.807, 2.05) is 0 Å². The summed E-state index contributed by atoms with van der Waals surface area (Å²) in [6.45, 7) is 0. The molecule has 0 saturated heterocycles. The molecule has 1 amide bonds. The van der Waals surface area contributed by atoms with Gasteiger partial charge in [0.15, 0.2) is 0 Å². The van der Waals surface area contributed by atoms with E-state index in [2.05, 4.69) is 15.5 Å². The van der Waals surface area contributed by atoms with Crippen molar-refractivity contribution in [3.8, 4) is 11.5 Å². The van der Waals surface area contributed by atoms with Crippen LogP contribution in [0.5, 0.6) is 0 Å². The number of aromatic nitrogens is 2. The van der Waals surface area contributed by atoms with Gasteiger partial charge in [0.1, 0.15) is 0 Å². The summed E-state index contributed by atoms with van der Waals surface area (Å²) in [6, 6.07) is 6.80. The van der Waals surface area contributed by atoms with Crippen LogP contribution in [0.25, 0.3) is 11.5 Å². The van der Waals surface area contributed by atoms with Gasteiger partial charge in [-0.1, -0.05) is 0 Å². The number of aliphatic carboxylic acids is 1. The Hall–Kier alpha value is -2.70. The Kier molecular flexibility index (Phi) is 3.87. The average Bonchev–Trinajstić information content (AvgIpc) is 2.91. The van der Waals surface area contributed by atoms with E-state index in [9.17, 15) is 9.59 Å². The van der Waals surface area contributed by atoms with Gasteiger partial charge in [0.2, 0.25) is 18.2 Å². The predicted octanol–water partition coefficient (Wildman–Crippen LogP) is 1.54. The summed E-state index contributed by atoms with van der Waals surface area (Å²) in [6.07, 6.45) is 0.990. The van der Waals surface area contributed by atoms with Crippen LogP contribution >= 0.6 is 0 Å². The van der Waals surface area contributed by atoms with E-state index in [1.165, 1.54) is 6.39 Å². The van der Waals surface area contributed by atoms with Crippen LogP contribution in [0.1, 0.15) is 12.8 Å². The van der Waals surface area contributed by atoms with Crippen LogP contribution in [0, 0.1) is 0 Å². The standard InChI is InChI=1S/C12H11N3O4/c16-10(5-6-11(17)18)14-9-3-1-8(2-4-9)12-15-13-7-19-12/h1-4,7H,5-6H2,(H,14,16)(H,17,18). The zero-order valence-corrected chi connectivity index (χ0v) is 9.87. The van der Waals surface area contributed by atoms with Gasteiger partial charge in [-0.2, -0.15) is 0 Å². The summed E-state index contributed by atoms with van der Waals surface area (Å²) in [5.41, 5.74) is 1.32. The van der Waals surface area contributed by atoms with Gasteiger partial charge in [0.05, 0.1) is 6.42 Å². The molecule has 0 spiro atoms. The molecule has 0 saturated carbocycles. The summed E-state index contributed by atoms with van der Waals surface area (Å²) in [5, 5.41) is 18.4. The molecule has 0 radical (unpaired) electrons. The highest BCUT2D eigenvalue weighted by Gasteiger charge is 2.07. The lowest BCUT2D eigenvalue weighted by molar-refractivity contribution is -0.138. The van der Waals surface area contributed by atoms with E-state index in [4.69, 9.17) is 9.52 Å². The lowest BCUT2D eigenvalue weighted by Crippen LogP contribution is -2.13. The van der Waals surface area contributed by atoms with E-state index in [0.29, 0.717) is 11.6 Å². The summed E-state index contributed by atoms with van der Waals surface area (Å²) in [4.78, 5) is 21.7. The number of hydrogen-bond acceptors (Lipinski definition) is 5. The highest BCUT2D eigenvalue weighted by molar-refractivity contribution is 5.92. The zero-order valence-electron chi connectivity index (χ0n) is 9.87. The number of carbonyl (C=O) groups is 2. The van der Waals surface area contributed by atoms with Crippen LogP contribution in [0.3, 0.4) is 0 Å². The predicted molar refractivity (Wildman–Crippen MR) is 65.2 cm³/mol. The molecule has 2 aromatic rings. The summed E-state index contributed by atoms with van der Waals surface area (Å²) in [5.74, 6) is -0.946. The Balaban J connectivity index is 1.95. The second-order valence-corrected chi connectivity index (χ2v) is 3.76. The van der Waals surface area contributed by atoms with Gasteiger partial charge in [-0.3, -0.25) is 9.59 Å². The maximum absolute atomic E-state index is 11.4. The molecule has 19 heavy (non-hydrogen) atoms. The van der Waals surface area contributed by atoms with Crippen molar-refractivity contribution in [2.75, 3.05) is 5.32 Å². The lowest BCUT2D eigenvalue weighted by Gasteiger charge is -2.04. The molecule has 0 aliphatic rings. The number of hydrogen-bond donors (Lipinski definition) is 2. The number of carbonyl (C=O) groups excluding carboxylic acids is 1. The minimum Gasteiger partial charge on any atom is -0.481 e. The third kappa shape index (κ3) is 3.63. The minimum atomic E-state index is -0.998. The number of benzene rings is 1. The molecule has 0 atom stereocenters. The molecule has 0 fully saturated rings. The van der Waals surface area contributed by atoms with Crippen molar-refractivity contribution >= 4 is 17.6 Å². The van der Waals surface area contributed by atoms with Crippen molar-refractivity contribution in [3.05, 3.63) is 30.7 Å². The first-order valence-electron chi connectivity index (χ1n) is 5.53. The normalized spacial score (nSPS) is 10.1. The second-order valence-electron chi connectivity index (χ2n) is 3.76. The first-order chi connectivity index (χ1) is 9.15. The number of amides is 1. The molecular formula is C12H11N3O4. The molecule has 2 rings (SSSR count). The van der Waals surface area contributed by atoms with Gasteiger partial charge < -0.3 is 14.8 Å². The molecule has 0 aliphatic carbocycles. The first-order valence-corrected chi connectivity index (χ1v) is 5.53. The molecule has 98 valence electrons. The van der Waals surface area contributed by atoms with Crippen molar-refractivity contribution < 1.29 is 19.1 Å². The average molecular weight is 261 g/mol. The largest absolute Gasteiger partial charge is 0.481 e. The van der Waals surface area contributed by atoms with Crippen LogP contribution < -0.4 is 5.32 Å². The zero-order chi connectivity index (χ0) is 13.7. The number of carboxylic acid groups (broad SMARTS) is 1. The first kappa shape index (κ1) is 12.7. The summed E-state index contributed by atoms with van der Waals surface area (Å²) >= 11 is 0. The number of rotatable bonds is 5. The van der Waals surface area contributed by atoms with Gasteiger partial charge in [-0.25, -0.2) is 0 Å². The summed E-state index contributed by atoms with van der Waals surface area (Å²) in [7, 11) is 0. The van der Waals surface area contributed by atoms with Crippen LogP contribution in [-0.4, -0.2) is 27.2 Å². The van der Waals surface area contributed by atoms with Gasteiger partial charge in [-0.05, 0) is 24.3 Å². The Bertz CT molecular complexity index is 563. The maximum atomic E-state index is 11.4. The molecule has 0 unspecified atom stereocenters. The Labute approximate surface area is 108 Å². The van der Waals surface area contributed by atoms with E-state index in [0.717, 1.165) is 5.56 Å². The fourth-order valence-electron chi connectivity index (χ4n) is 1.44. The van der Waals surface area contributed by atoms with Crippen LogP contribution in [-0.2, 0) is 9.59 Å². The van der Waals surface area contributed by atoms with Crippen molar-refractivity contribution in [2.45, 2.75) is 12.8 Å². The number of nitrogens with one attached hydrogen (secondary N) is 1. The quantitative estimate of drug-likeness (QED) is 0.845. The van der Waals surface area contributed by atoms with E-state index < -0.39 is 5.97 Å². The second kappa shape index (κ2) is 5.76. The third-order valence-electron chi connectivity index (χ3n) is 2.34. The SMILES string of the molecule is O=C(O)CCC(=O)Nc1ccc(-c2nnco2)cc1. The van der Waals surface area contributed by atoms with Crippen LogP contribution in [0.15, 0.2) is 35.1 Å². The number of anilines is 1. The van der Waals surface area contributed by atoms with Gasteiger partial charge in [0, 0.05) is 17.7 Å². The van der Waals surface area contributed by atoms with Crippen molar-refractivity contribution in [3.63, 3.8) is 0 Å². The lowest BCUT2D eigenvalue weighted by atomic mass is 10.2. The molecule has 7 nitrogen and oxygen atoms in total. The van der Waals surface area contributed by atoms with Crippen LogP contribution in [0.4, 0.5) is 5.69 Å². The molecule has 2 N–H and O–H groups in total. The Morgan fingerprint density at radius 3 is 2.53 bits per heavy atom. The minimum absolute atomic E-state index is 0.0548. The summed E-state index contributed by atoms with van der Waals surface area (Å²) < 4.78 is 5.03. The highest BCUT2D eigenvalue weighted by atomic mass is 16.4. The highest BCUT2D eigenvalue weighted by Crippen LogP contribution is 2.18. The molecule has 0 aliphatic heterocycles. The number of nitrogens with zero attached hydrogens (tertiary/aromatic N) is 2. The third-order valence-corrected chi connectivity index (χ3v) is 2.34. The molecule has 0 bridgehead atoms. The fourth-order valence-corrected chi connectivity index (χ4v) is 1.44. The van der Waals surface area contributed by atoms with Crippen molar-refractivity contribution in [2.24, 2.45) is 0 Å². The van der Waals surface area contributed by atoms with E-state index in [1.54, 1.807) is 24.3 Å².